The molecule has 2 amide bonds. The molecule has 0 saturated carbocycles. The van der Waals surface area contributed by atoms with Crippen LogP contribution in [0.25, 0.3) is 0 Å². The first-order valence-electron chi connectivity index (χ1n) is 9.23. The first-order valence-corrected chi connectivity index (χ1v) is 9.23. The van der Waals surface area contributed by atoms with Crippen LogP contribution in [0.15, 0.2) is 67.0 Å². The summed E-state index contributed by atoms with van der Waals surface area (Å²) in [5.41, 5.74) is 1.81. The fraction of sp³-hybridized carbons (Fsp3) is 0.182. The van der Waals surface area contributed by atoms with Crippen LogP contribution in [-0.2, 0) is 6.54 Å². The van der Waals surface area contributed by atoms with Crippen LogP contribution in [0.4, 0.5) is 5.69 Å². The van der Waals surface area contributed by atoms with Gasteiger partial charge in [0, 0.05) is 24.6 Å². The summed E-state index contributed by atoms with van der Waals surface area (Å²) in [6.07, 6.45) is 3.42. The van der Waals surface area contributed by atoms with Crippen LogP contribution >= 0.6 is 0 Å². The summed E-state index contributed by atoms with van der Waals surface area (Å²) in [4.78, 5) is 33.0. The molecule has 7 nitrogen and oxygen atoms in total. The van der Waals surface area contributed by atoms with E-state index in [1.54, 1.807) is 60.9 Å². The maximum absolute atomic E-state index is 12.5. The van der Waals surface area contributed by atoms with Crippen molar-refractivity contribution in [2.45, 2.75) is 26.5 Å². The van der Waals surface area contributed by atoms with Gasteiger partial charge in [0.15, 0.2) is 0 Å². The van der Waals surface area contributed by atoms with E-state index in [9.17, 15) is 9.59 Å². The average Bonchev–Trinajstić information content (AvgIpc) is 2.74. The first-order chi connectivity index (χ1) is 14.0. The Kier molecular flexibility index (Phi) is 6.52. The summed E-state index contributed by atoms with van der Waals surface area (Å²) in [5, 5.41) is 5.53. The lowest BCUT2D eigenvalue weighted by molar-refractivity contribution is 0.0945. The zero-order valence-electron chi connectivity index (χ0n) is 16.3. The molecule has 0 atom stereocenters. The van der Waals surface area contributed by atoms with Gasteiger partial charge in [0.1, 0.15) is 17.1 Å². The van der Waals surface area contributed by atoms with Gasteiger partial charge < -0.3 is 15.4 Å². The van der Waals surface area contributed by atoms with Crippen LogP contribution in [0, 0.1) is 0 Å². The van der Waals surface area contributed by atoms with Crippen LogP contribution in [-0.4, -0.2) is 27.9 Å². The minimum atomic E-state index is -0.399. The predicted molar refractivity (Wildman–Crippen MR) is 110 cm³/mol. The number of benzene rings is 1. The van der Waals surface area contributed by atoms with Gasteiger partial charge in [-0.3, -0.25) is 14.6 Å². The van der Waals surface area contributed by atoms with Crippen LogP contribution in [0.1, 0.15) is 40.4 Å². The van der Waals surface area contributed by atoms with Gasteiger partial charge in [0.25, 0.3) is 11.8 Å². The number of anilines is 1. The fourth-order valence-corrected chi connectivity index (χ4v) is 2.55. The van der Waals surface area contributed by atoms with Gasteiger partial charge in [-0.15, -0.1) is 0 Å². The van der Waals surface area contributed by atoms with Gasteiger partial charge >= 0.3 is 0 Å². The number of amides is 2. The van der Waals surface area contributed by atoms with Crippen molar-refractivity contribution in [2.75, 3.05) is 5.32 Å². The van der Waals surface area contributed by atoms with Crippen molar-refractivity contribution < 1.29 is 14.3 Å². The maximum atomic E-state index is 12.5. The number of ether oxygens (including phenoxy) is 1. The highest BCUT2D eigenvalue weighted by atomic mass is 16.5. The van der Waals surface area contributed by atoms with Crippen molar-refractivity contribution in [1.82, 2.24) is 15.3 Å². The zero-order valence-corrected chi connectivity index (χ0v) is 16.3. The molecule has 2 N–H and O–H groups in total. The third-order valence-corrected chi connectivity index (χ3v) is 3.87. The number of nitrogens with one attached hydrogen (secondary N) is 2. The lowest BCUT2D eigenvalue weighted by Crippen LogP contribution is -2.25. The Labute approximate surface area is 169 Å². The van der Waals surface area contributed by atoms with E-state index < -0.39 is 5.91 Å². The maximum Gasteiger partial charge on any atom is 0.274 e. The third-order valence-electron chi connectivity index (χ3n) is 3.87. The number of carbonyl (C=O) groups excluding carboxylic acids is 2. The smallest absolute Gasteiger partial charge is 0.274 e. The lowest BCUT2D eigenvalue weighted by atomic mass is 10.2. The van der Waals surface area contributed by atoms with Crippen LogP contribution in [0.3, 0.4) is 0 Å². The number of carbonyl (C=O) groups is 2. The predicted octanol–water partition coefficient (Wildman–Crippen LogP) is 3.45. The van der Waals surface area contributed by atoms with Gasteiger partial charge in [0.2, 0.25) is 0 Å². The number of pyridine rings is 2. The lowest BCUT2D eigenvalue weighted by Gasteiger charge is -2.11. The second-order valence-corrected chi connectivity index (χ2v) is 6.60. The van der Waals surface area contributed by atoms with Crippen molar-refractivity contribution >= 4 is 17.5 Å². The first kappa shape index (κ1) is 20.0. The highest BCUT2D eigenvalue weighted by Gasteiger charge is 2.13. The number of rotatable bonds is 7. The molecule has 0 spiro atoms. The molecular formula is C22H22N4O3. The van der Waals surface area contributed by atoms with E-state index in [4.69, 9.17) is 4.74 Å². The molecule has 3 rings (SSSR count). The summed E-state index contributed by atoms with van der Waals surface area (Å²) < 4.78 is 5.58. The molecule has 0 radical (unpaired) electrons. The molecule has 0 bridgehead atoms. The highest BCUT2D eigenvalue weighted by molar-refractivity contribution is 6.03. The summed E-state index contributed by atoms with van der Waals surface area (Å²) in [5.74, 6) is -0.0356. The second kappa shape index (κ2) is 9.45. The third kappa shape index (κ3) is 5.87. The molecule has 148 valence electrons. The molecule has 3 aromatic rings. The van der Waals surface area contributed by atoms with Gasteiger partial charge in [-0.05, 0) is 61.9 Å². The minimum absolute atomic E-state index is 0.0756. The molecule has 0 saturated heterocycles. The molecule has 0 aliphatic rings. The topological polar surface area (TPSA) is 93.2 Å². The van der Waals surface area contributed by atoms with Crippen LogP contribution in [0.5, 0.6) is 5.75 Å². The van der Waals surface area contributed by atoms with E-state index in [1.165, 1.54) is 0 Å². The Morgan fingerprint density at radius 3 is 2.34 bits per heavy atom. The van der Waals surface area contributed by atoms with Crippen molar-refractivity contribution in [2.24, 2.45) is 0 Å². The van der Waals surface area contributed by atoms with Gasteiger partial charge in [-0.25, -0.2) is 4.98 Å². The second-order valence-electron chi connectivity index (χ2n) is 6.60. The van der Waals surface area contributed by atoms with Crippen molar-refractivity contribution in [1.29, 1.82) is 0 Å². The Morgan fingerprint density at radius 2 is 1.69 bits per heavy atom. The Morgan fingerprint density at radius 1 is 0.966 bits per heavy atom. The molecule has 0 unspecified atom stereocenters. The summed E-state index contributed by atoms with van der Waals surface area (Å²) in [7, 11) is 0. The highest BCUT2D eigenvalue weighted by Crippen LogP contribution is 2.17. The molecule has 7 heteroatoms. The van der Waals surface area contributed by atoms with Crippen molar-refractivity contribution in [3.8, 4) is 5.75 Å². The zero-order chi connectivity index (χ0) is 20.6. The van der Waals surface area contributed by atoms with Crippen molar-refractivity contribution in [3.05, 3.63) is 83.9 Å². The van der Waals surface area contributed by atoms with Gasteiger partial charge in [-0.1, -0.05) is 12.1 Å². The standard InChI is InChI=1S/C22H22N4O3/c1-15(2)29-18-10-8-17(9-11-18)25-22(28)20-7-3-6-19(26-20)21(27)24-14-16-5-4-12-23-13-16/h3-13,15H,14H2,1-2H3,(H,24,27)(H,25,28). The molecule has 0 fully saturated rings. The van der Waals surface area contributed by atoms with E-state index in [0.717, 1.165) is 11.3 Å². The Balaban J connectivity index is 1.62. The normalized spacial score (nSPS) is 10.4. The van der Waals surface area contributed by atoms with Gasteiger partial charge in [0.05, 0.1) is 6.10 Å². The number of hydrogen-bond donors (Lipinski definition) is 2. The molecule has 0 aliphatic heterocycles. The monoisotopic (exact) mass is 390 g/mol. The molecule has 1 aromatic carbocycles. The molecular weight excluding hydrogens is 368 g/mol. The molecule has 2 heterocycles. The Hall–Kier alpha value is -3.74. The quantitative estimate of drug-likeness (QED) is 0.645. The molecule has 0 aliphatic carbocycles. The minimum Gasteiger partial charge on any atom is -0.491 e. The van der Waals surface area contributed by atoms with Gasteiger partial charge in [-0.2, -0.15) is 0 Å². The average molecular weight is 390 g/mol. The molecule has 29 heavy (non-hydrogen) atoms. The van der Waals surface area contributed by atoms with E-state index in [2.05, 4.69) is 20.6 Å². The van der Waals surface area contributed by atoms with Crippen molar-refractivity contribution in [3.63, 3.8) is 0 Å². The summed E-state index contributed by atoms with van der Waals surface area (Å²) in [6, 6.07) is 15.5. The van der Waals surface area contributed by atoms with Crippen LogP contribution in [0.2, 0.25) is 0 Å². The largest absolute Gasteiger partial charge is 0.491 e. The van der Waals surface area contributed by atoms with E-state index in [-0.39, 0.29) is 23.4 Å². The molecule has 2 aromatic heterocycles. The van der Waals surface area contributed by atoms with E-state index >= 15 is 0 Å². The number of nitrogens with zero attached hydrogens (tertiary/aromatic N) is 2. The SMILES string of the molecule is CC(C)Oc1ccc(NC(=O)c2cccc(C(=O)NCc3cccnc3)n2)cc1. The number of hydrogen-bond acceptors (Lipinski definition) is 5. The van der Waals surface area contributed by atoms with E-state index in [1.807, 2.05) is 19.9 Å². The van der Waals surface area contributed by atoms with E-state index in [0.29, 0.717) is 12.2 Å². The summed E-state index contributed by atoms with van der Waals surface area (Å²) in [6.45, 7) is 4.22. The summed E-state index contributed by atoms with van der Waals surface area (Å²) >= 11 is 0. The number of aromatic nitrogens is 2. The fourth-order valence-electron chi connectivity index (χ4n) is 2.55. The Bertz CT molecular complexity index is 973. The van der Waals surface area contributed by atoms with Crippen LogP contribution < -0.4 is 15.4 Å².